The second-order valence-electron chi connectivity index (χ2n) is 3.64. The molecule has 0 aliphatic carbocycles. The smallest absolute Gasteiger partial charge is 0.271 e. The third kappa shape index (κ3) is 3.70. The van der Waals surface area contributed by atoms with Gasteiger partial charge in [-0.2, -0.15) is 8.78 Å². The van der Waals surface area contributed by atoms with Gasteiger partial charge in [-0.1, -0.05) is 31.2 Å². The highest BCUT2D eigenvalue weighted by Gasteiger charge is 2.36. The molecule has 0 fully saturated rings. The van der Waals surface area contributed by atoms with Gasteiger partial charge in [0, 0.05) is 0 Å². The van der Waals surface area contributed by atoms with Crippen LogP contribution in [0.2, 0.25) is 0 Å². The Balaban J connectivity index is 2.71. The van der Waals surface area contributed by atoms with Crippen molar-refractivity contribution in [3.8, 4) is 0 Å². The van der Waals surface area contributed by atoms with Crippen molar-refractivity contribution in [1.29, 1.82) is 0 Å². The molecule has 1 atom stereocenters. The third-order valence-electron chi connectivity index (χ3n) is 2.47. The number of aryl methyl sites for hydroxylation is 1. The van der Waals surface area contributed by atoms with Crippen LogP contribution < -0.4 is 11.3 Å². The van der Waals surface area contributed by atoms with E-state index >= 15 is 0 Å². The first-order chi connectivity index (χ1) is 7.47. The Kier molecular flexibility index (Phi) is 4.65. The van der Waals surface area contributed by atoms with Crippen LogP contribution in [0, 0.1) is 0 Å². The van der Waals surface area contributed by atoms with Gasteiger partial charge < -0.3 is 0 Å². The number of rotatable bonds is 5. The fraction of sp³-hybridized carbons (Fsp3) is 0.455. The summed E-state index contributed by atoms with van der Waals surface area (Å²) in [4.78, 5) is 0. The number of hydrogen-bond donors (Lipinski definition) is 2. The van der Waals surface area contributed by atoms with Crippen molar-refractivity contribution in [2.75, 3.05) is 0 Å². The van der Waals surface area contributed by atoms with Crippen molar-refractivity contribution in [2.45, 2.75) is 31.2 Å². The van der Waals surface area contributed by atoms with E-state index < -0.39 is 11.4 Å². The van der Waals surface area contributed by atoms with Crippen LogP contribution in [0.1, 0.15) is 18.1 Å². The molecule has 0 aromatic heterocycles. The zero-order valence-electron chi connectivity index (χ0n) is 9.01. The topological polar surface area (TPSA) is 38.0 Å². The van der Waals surface area contributed by atoms with Gasteiger partial charge in [-0.3, -0.25) is 5.84 Å². The van der Waals surface area contributed by atoms with Gasteiger partial charge in [0.05, 0.1) is 0 Å². The van der Waals surface area contributed by atoms with E-state index in [1.807, 2.05) is 36.6 Å². The van der Waals surface area contributed by atoms with E-state index in [0.29, 0.717) is 0 Å². The van der Waals surface area contributed by atoms with Gasteiger partial charge in [0.25, 0.3) is 0 Å². The van der Waals surface area contributed by atoms with Crippen molar-refractivity contribution >= 4 is 11.6 Å². The summed E-state index contributed by atoms with van der Waals surface area (Å²) in [6.07, 6.45) is 1.02. The number of nitrogens with one attached hydrogen (secondary N) is 1. The molecule has 1 aromatic rings. The van der Waals surface area contributed by atoms with Gasteiger partial charge in [0.15, 0.2) is 0 Å². The first-order valence-corrected chi connectivity index (χ1v) is 5.45. The van der Waals surface area contributed by atoms with Crippen LogP contribution in [0.15, 0.2) is 24.3 Å². The summed E-state index contributed by atoms with van der Waals surface area (Å²) in [5.41, 5.74) is 3.98. The molecule has 0 saturated heterocycles. The van der Waals surface area contributed by atoms with Gasteiger partial charge in [0.2, 0.25) is 0 Å². The van der Waals surface area contributed by atoms with Gasteiger partial charge in [-0.15, -0.1) is 0 Å². The molecule has 0 bridgehead atoms. The Morgan fingerprint density at radius 1 is 1.31 bits per heavy atom. The molecule has 0 saturated carbocycles. The normalized spacial score (nSPS) is 13.8. The molecule has 1 rings (SSSR count). The predicted molar refractivity (Wildman–Crippen MR) is 61.4 cm³/mol. The van der Waals surface area contributed by atoms with E-state index in [-0.39, 0.29) is 6.42 Å². The maximum Gasteiger partial charge on any atom is 0.338 e. The molecule has 90 valence electrons. The Hall–Kier alpha value is -0.710. The van der Waals surface area contributed by atoms with Gasteiger partial charge in [-0.25, -0.2) is 5.43 Å². The molecule has 0 aliphatic heterocycles. The van der Waals surface area contributed by atoms with E-state index in [4.69, 9.17) is 17.4 Å². The highest BCUT2D eigenvalue weighted by Crippen LogP contribution is 2.25. The van der Waals surface area contributed by atoms with Crippen LogP contribution in [0.5, 0.6) is 0 Å². The molecule has 16 heavy (non-hydrogen) atoms. The van der Waals surface area contributed by atoms with Crippen LogP contribution in [0.25, 0.3) is 0 Å². The molecule has 0 aliphatic rings. The molecule has 0 heterocycles. The molecule has 3 N–H and O–H groups in total. The quantitative estimate of drug-likeness (QED) is 0.477. The van der Waals surface area contributed by atoms with E-state index in [0.717, 1.165) is 12.0 Å². The summed E-state index contributed by atoms with van der Waals surface area (Å²) < 4.78 is 25.7. The van der Waals surface area contributed by atoms with Crippen molar-refractivity contribution < 1.29 is 8.78 Å². The lowest BCUT2D eigenvalue weighted by Crippen LogP contribution is -2.46. The largest absolute Gasteiger partial charge is 0.338 e. The summed E-state index contributed by atoms with van der Waals surface area (Å²) in [7, 11) is 0. The van der Waals surface area contributed by atoms with Crippen LogP contribution >= 0.6 is 11.6 Å². The summed E-state index contributed by atoms with van der Waals surface area (Å²) >= 11 is 4.93. The zero-order valence-corrected chi connectivity index (χ0v) is 9.77. The predicted octanol–water partition coefficient (Wildman–Crippen LogP) is 2.46. The number of nitrogens with two attached hydrogens (primary N) is 1. The summed E-state index contributed by atoms with van der Waals surface area (Å²) in [5.74, 6) is 5.05. The Labute approximate surface area is 98.8 Å². The van der Waals surface area contributed by atoms with E-state index in [1.165, 1.54) is 5.56 Å². The van der Waals surface area contributed by atoms with Crippen molar-refractivity contribution in [3.05, 3.63) is 35.4 Å². The zero-order chi connectivity index (χ0) is 12.2. The standard InChI is InChI=1S/C11H15ClF2N2/c1-2-8-3-5-9(6-4-8)7-10(16-15)11(12,13)14/h3-6,10,16H,2,7,15H2,1H3. The average Bonchev–Trinajstić information content (AvgIpc) is 2.25. The summed E-state index contributed by atoms with van der Waals surface area (Å²) in [5, 5.41) is -3.35. The lowest BCUT2D eigenvalue weighted by atomic mass is 10.0. The number of hydrazine groups is 1. The van der Waals surface area contributed by atoms with Crippen molar-refractivity contribution in [3.63, 3.8) is 0 Å². The van der Waals surface area contributed by atoms with E-state index in [1.54, 1.807) is 0 Å². The van der Waals surface area contributed by atoms with Crippen LogP contribution in [0.3, 0.4) is 0 Å². The SMILES string of the molecule is CCc1ccc(CC(NN)C(F)(F)Cl)cc1. The molecule has 2 nitrogen and oxygen atoms in total. The van der Waals surface area contributed by atoms with Crippen molar-refractivity contribution in [2.24, 2.45) is 5.84 Å². The van der Waals surface area contributed by atoms with Crippen molar-refractivity contribution in [1.82, 2.24) is 5.43 Å². The first kappa shape index (κ1) is 13.4. The van der Waals surface area contributed by atoms with Crippen LogP contribution in [0.4, 0.5) is 8.78 Å². The Morgan fingerprint density at radius 3 is 2.19 bits per heavy atom. The minimum absolute atomic E-state index is 0.0942. The fourth-order valence-corrected chi connectivity index (χ4v) is 1.56. The lowest BCUT2D eigenvalue weighted by Gasteiger charge is -2.20. The third-order valence-corrected chi connectivity index (χ3v) is 2.73. The first-order valence-electron chi connectivity index (χ1n) is 5.08. The molecular weight excluding hydrogens is 234 g/mol. The fourth-order valence-electron chi connectivity index (χ4n) is 1.42. The summed E-state index contributed by atoms with van der Waals surface area (Å²) in [6.45, 7) is 2.03. The second-order valence-corrected chi connectivity index (χ2v) is 4.14. The minimum Gasteiger partial charge on any atom is -0.271 e. The van der Waals surface area contributed by atoms with E-state index in [2.05, 4.69) is 0 Å². The Bertz CT molecular complexity index is 322. The number of alkyl halides is 3. The lowest BCUT2D eigenvalue weighted by molar-refractivity contribution is 0.0503. The van der Waals surface area contributed by atoms with Crippen LogP contribution in [-0.2, 0) is 12.8 Å². The molecule has 1 unspecified atom stereocenters. The molecule has 0 spiro atoms. The molecule has 5 heteroatoms. The van der Waals surface area contributed by atoms with Gasteiger partial charge >= 0.3 is 5.38 Å². The molecule has 0 radical (unpaired) electrons. The van der Waals surface area contributed by atoms with Gasteiger partial charge in [0.1, 0.15) is 6.04 Å². The highest BCUT2D eigenvalue weighted by molar-refractivity contribution is 6.22. The maximum atomic E-state index is 12.8. The minimum atomic E-state index is -3.35. The molecular formula is C11H15ClF2N2. The monoisotopic (exact) mass is 248 g/mol. The van der Waals surface area contributed by atoms with E-state index in [9.17, 15) is 8.78 Å². The summed E-state index contributed by atoms with van der Waals surface area (Å²) in [6, 6.07) is 6.18. The highest BCUT2D eigenvalue weighted by atomic mass is 35.5. The second kappa shape index (κ2) is 5.57. The van der Waals surface area contributed by atoms with Crippen LogP contribution in [-0.4, -0.2) is 11.4 Å². The van der Waals surface area contributed by atoms with Gasteiger partial charge in [-0.05, 0) is 35.6 Å². The molecule has 1 aromatic carbocycles. The number of benzene rings is 1. The average molecular weight is 249 g/mol. The Morgan fingerprint density at radius 2 is 1.81 bits per heavy atom. The number of halogens is 3. The molecule has 0 amide bonds. The maximum absolute atomic E-state index is 12.8. The number of hydrogen-bond acceptors (Lipinski definition) is 2.